The molecule has 4 rings (SSSR count). The molecule has 2 N–H and O–H groups in total. The minimum atomic E-state index is -0.151. The van der Waals surface area contributed by atoms with Gasteiger partial charge in [-0.15, -0.1) is 5.10 Å². The molecule has 0 saturated heterocycles. The van der Waals surface area contributed by atoms with Crippen molar-refractivity contribution in [2.75, 3.05) is 11.1 Å². The summed E-state index contributed by atoms with van der Waals surface area (Å²) in [5.41, 5.74) is 4.30. The summed E-state index contributed by atoms with van der Waals surface area (Å²) in [6.45, 7) is 4.29. The van der Waals surface area contributed by atoms with Crippen LogP contribution in [0.25, 0.3) is 0 Å². The number of thioether (sulfide) groups is 1. The SMILES string of the molecule is Cc1cccc(C)c1OCc1nc(SCC(=O)Nc2ccc(N=Nc3ccccc3)cc2)n[nH]1. The summed E-state index contributed by atoms with van der Waals surface area (Å²) >= 11 is 1.25. The first-order valence-electron chi connectivity index (χ1n) is 10.7. The Morgan fingerprint density at radius 3 is 2.32 bits per heavy atom. The van der Waals surface area contributed by atoms with Crippen LogP contribution in [0.3, 0.4) is 0 Å². The Bertz CT molecular complexity index is 1250. The zero-order chi connectivity index (χ0) is 23.8. The summed E-state index contributed by atoms with van der Waals surface area (Å²) in [4.78, 5) is 16.7. The molecule has 3 aromatic carbocycles. The van der Waals surface area contributed by atoms with Gasteiger partial charge in [-0.05, 0) is 61.4 Å². The second kappa shape index (κ2) is 11.2. The van der Waals surface area contributed by atoms with Gasteiger partial charge in [0, 0.05) is 5.69 Å². The number of carbonyl (C=O) groups is 1. The number of benzene rings is 3. The van der Waals surface area contributed by atoms with Gasteiger partial charge in [-0.2, -0.15) is 10.2 Å². The van der Waals surface area contributed by atoms with Gasteiger partial charge in [0.1, 0.15) is 12.4 Å². The Kier molecular flexibility index (Phi) is 7.67. The molecule has 34 heavy (non-hydrogen) atoms. The molecule has 0 saturated carbocycles. The van der Waals surface area contributed by atoms with Crippen molar-refractivity contribution in [3.63, 3.8) is 0 Å². The first-order chi connectivity index (χ1) is 16.6. The van der Waals surface area contributed by atoms with Crippen molar-refractivity contribution in [1.29, 1.82) is 0 Å². The fraction of sp³-hybridized carbons (Fsp3) is 0.160. The van der Waals surface area contributed by atoms with Crippen LogP contribution in [0.15, 0.2) is 88.2 Å². The molecule has 1 aromatic heterocycles. The van der Waals surface area contributed by atoms with Crippen molar-refractivity contribution in [3.05, 3.63) is 89.7 Å². The number of amides is 1. The van der Waals surface area contributed by atoms with Gasteiger partial charge in [0.05, 0.1) is 17.1 Å². The Hall–Kier alpha value is -3.98. The summed E-state index contributed by atoms with van der Waals surface area (Å²) < 4.78 is 5.89. The van der Waals surface area contributed by atoms with E-state index in [1.54, 1.807) is 24.3 Å². The Balaban J connectivity index is 1.23. The Morgan fingerprint density at radius 1 is 0.941 bits per heavy atom. The van der Waals surface area contributed by atoms with Crippen LogP contribution in [-0.4, -0.2) is 26.8 Å². The molecule has 8 nitrogen and oxygen atoms in total. The van der Waals surface area contributed by atoms with E-state index in [4.69, 9.17) is 4.74 Å². The number of H-pyrrole nitrogens is 1. The molecular formula is C25H24N6O2S. The van der Waals surface area contributed by atoms with Crippen molar-refractivity contribution < 1.29 is 9.53 Å². The van der Waals surface area contributed by atoms with Gasteiger partial charge in [0.15, 0.2) is 5.82 Å². The summed E-state index contributed by atoms with van der Waals surface area (Å²) in [7, 11) is 0. The third-order valence-corrected chi connectivity index (χ3v) is 5.64. The van der Waals surface area contributed by atoms with E-state index in [0.717, 1.165) is 22.6 Å². The van der Waals surface area contributed by atoms with Gasteiger partial charge < -0.3 is 10.1 Å². The molecule has 0 atom stereocenters. The first-order valence-corrected chi connectivity index (χ1v) is 11.7. The molecule has 0 bridgehead atoms. The number of anilines is 1. The standard InChI is InChI=1S/C25H24N6O2S/c1-17-7-6-8-18(2)24(17)33-15-22-27-25(31-30-22)34-16-23(32)26-19-11-13-21(14-12-19)29-28-20-9-4-3-5-10-20/h3-14H,15-16H2,1-2H3,(H,26,32)(H,27,30,31). The van der Waals surface area contributed by atoms with E-state index in [9.17, 15) is 4.79 Å². The molecule has 1 amide bonds. The molecule has 0 aliphatic carbocycles. The van der Waals surface area contributed by atoms with E-state index >= 15 is 0 Å². The number of aryl methyl sites for hydroxylation is 2. The van der Waals surface area contributed by atoms with Gasteiger partial charge in [-0.3, -0.25) is 9.89 Å². The van der Waals surface area contributed by atoms with E-state index < -0.39 is 0 Å². The molecule has 0 aliphatic rings. The highest BCUT2D eigenvalue weighted by molar-refractivity contribution is 7.99. The number of nitrogens with zero attached hydrogens (tertiary/aromatic N) is 4. The highest BCUT2D eigenvalue weighted by Crippen LogP contribution is 2.24. The maximum atomic E-state index is 12.3. The van der Waals surface area contributed by atoms with Crippen molar-refractivity contribution in [3.8, 4) is 5.75 Å². The summed E-state index contributed by atoms with van der Waals surface area (Å²) in [5, 5.41) is 18.7. The number of aromatic amines is 1. The van der Waals surface area contributed by atoms with Crippen molar-refractivity contribution in [1.82, 2.24) is 15.2 Å². The quantitative estimate of drug-likeness (QED) is 0.225. The fourth-order valence-corrected chi connectivity index (χ4v) is 3.74. The van der Waals surface area contributed by atoms with Crippen LogP contribution in [0.2, 0.25) is 0 Å². The summed E-state index contributed by atoms with van der Waals surface area (Å²) in [5.74, 6) is 1.48. The largest absolute Gasteiger partial charge is 0.485 e. The lowest BCUT2D eigenvalue weighted by atomic mass is 10.1. The number of nitrogens with one attached hydrogen (secondary N) is 2. The van der Waals surface area contributed by atoms with E-state index in [0.29, 0.717) is 22.4 Å². The van der Waals surface area contributed by atoms with E-state index in [1.165, 1.54) is 11.8 Å². The fourth-order valence-electron chi connectivity index (χ4n) is 3.12. The lowest BCUT2D eigenvalue weighted by Crippen LogP contribution is -2.13. The maximum Gasteiger partial charge on any atom is 0.234 e. The molecule has 4 aromatic rings. The zero-order valence-electron chi connectivity index (χ0n) is 18.9. The van der Waals surface area contributed by atoms with Crippen LogP contribution in [0.5, 0.6) is 5.75 Å². The maximum absolute atomic E-state index is 12.3. The van der Waals surface area contributed by atoms with E-state index in [-0.39, 0.29) is 18.3 Å². The average molecular weight is 473 g/mol. The van der Waals surface area contributed by atoms with Crippen LogP contribution in [0, 0.1) is 13.8 Å². The van der Waals surface area contributed by atoms with Gasteiger partial charge in [-0.25, -0.2) is 4.98 Å². The molecule has 1 heterocycles. The van der Waals surface area contributed by atoms with Crippen LogP contribution < -0.4 is 10.1 Å². The molecule has 0 fully saturated rings. The zero-order valence-corrected chi connectivity index (χ0v) is 19.7. The lowest BCUT2D eigenvalue weighted by Gasteiger charge is -2.10. The van der Waals surface area contributed by atoms with E-state index in [2.05, 4.69) is 30.7 Å². The lowest BCUT2D eigenvalue weighted by molar-refractivity contribution is -0.113. The second-order valence-electron chi connectivity index (χ2n) is 7.49. The molecular weight excluding hydrogens is 448 g/mol. The minimum Gasteiger partial charge on any atom is -0.485 e. The normalized spacial score (nSPS) is 11.0. The van der Waals surface area contributed by atoms with Crippen molar-refractivity contribution in [2.24, 2.45) is 10.2 Å². The topological polar surface area (TPSA) is 105 Å². The van der Waals surface area contributed by atoms with Crippen LogP contribution >= 0.6 is 11.8 Å². The van der Waals surface area contributed by atoms with Crippen LogP contribution in [-0.2, 0) is 11.4 Å². The van der Waals surface area contributed by atoms with Gasteiger partial charge in [0.2, 0.25) is 11.1 Å². The third-order valence-electron chi connectivity index (χ3n) is 4.79. The van der Waals surface area contributed by atoms with Gasteiger partial charge in [0.25, 0.3) is 0 Å². The number of ether oxygens (including phenoxy) is 1. The van der Waals surface area contributed by atoms with Crippen LogP contribution in [0.1, 0.15) is 17.0 Å². The highest BCUT2D eigenvalue weighted by atomic mass is 32.2. The van der Waals surface area contributed by atoms with Crippen molar-refractivity contribution >= 4 is 34.7 Å². The molecule has 9 heteroatoms. The second-order valence-corrected chi connectivity index (χ2v) is 8.44. The highest BCUT2D eigenvalue weighted by Gasteiger charge is 2.10. The number of hydrogen-bond donors (Lipinski definition) is 2. The first kappa shape index (κ1) is 23.2. The molecule has 0 unspecified atom stereocenters. The Morgan fingerprint density at radius 2 is 1.62 bits per heavy atom. The van der Waals surface area contributed by atoms with Gasteiger partial charge >= 0.3 is 0 Å². The average Bonchev–Trinajstić information content (AvgIpc) is 3.30. The smallest absolute Gasteiger partial charge is 0.234 e. The number of aromatic nitrogens is 3. The van der Waals surface area contributed by atoms with Gasteiger partial charge in [-0.1, -0.05) is 48.2 Å². The number of azo groups is 1. The predicted octanol–water partition coefficient (Wildman–Crippen LogP) is 6.15. The van der Waals surface area contributed by atoms with Crippen LogP contribution in [0.4, 0.5) is 17.1 Å². The molecule has 0 spiro atoms. The van der Waals surface area contributed by atoms with Crippen molar-refractivity contribution in [2.45, 2.75) is 25.6 Å². The number of carbonyl (C=O) groups excluding carboxylic acids is 1. The Labute approximate surface area is 201 Å². The number of rotatable bonds is 9. The number of hydrogen-bond acceptors (Lipinski definition) is 7. The number of para-hydroxylation sites is 1. The predicted molar refractivity (Wildman–Crippen MR) is 133 cm³/mol. The monoisotopic (exact) mass is 472 g/mol. The third kappa shape index (κ3) is 6.52. The molecule has 0 radical (unpaired) electrons. The molecule has 0 aliphatic heterocycles. The molecule has 172 valence electrons. The minimum absolute atomic E-state index is 0.151. The van der Waals surface area contributed by atoms with E-state index in [1.807, 2.05) is 62.4 Å². The summed E-state index contributed by atoms with van der Waals surface area (Å²) in [6, 6.07) is 22.7. The summed E-state index contributed by atoms with van der Waals surface area (Å²) in [6.07, 6.45) is 0.